The minimum atomic E-state index is -3.70. The van der Waals surface area contributed by atoms with Gasteiger partial charge in [0, 0.05) is 24.7 Å². The molecule has 1 saturated heterocycles. The summed E-state index contributed by atoms with van der Waals surface area (Å²) in [4.78, 5) is 39.6. The average molecular weight is 627 g/mol. The number of rotatable bonds is 10. The molecule has 0 radical (unpaired) electrons. The van der Waals surface area contributed by atoms with Crippen LogP contribution < -0.4 is 21.1 Å². The molecule has 0 unspecified atom stereocenters. The van der Waals surface area contributed by atoms with Crippen molar-refractivity contribution < 1.29 is 36.3 Å². The number of carbonyl (C=O) groups excluding carboxylic acids is 3. The summed E-state index contributed by atoms with van der Waals surface area (Å²) < 4.78 is 61.4. The molecule has 3 amide bonds. The van der Waals surface area contributed by atoms with Crippen molar-refractivity contribution in [2.45, 2.75) is 54.8 Å². The van der Waals surface area contributed by atoms with E-state index in [2.05, 4.69) is 10.6 Å². The van der Waals surface area contributed by atoms with Crippen LogP contribution in [0.5, 0.6) is 5.75 Å². The Balaban J connectivity index is 1.59. The molecule has 44 heavy (non-hydrogen) atoms. The highest BCUT2D eigenvalue weighted by molar-refractivity contribution is 7.92. The topological polar surface area (TPSA) is 148 Å². The van der Waals surface area contributed by atoms with Gasteiger partial charge < -0.3 is 26.0 Å². The Labute approximate surface area is 253 Å². The zero-order valence-electron chi connectivity index (χ0n) is 24.1. The van der Waals surface area contributed by atoms with Crippen LogP contribution in [-0.2, 0) is 19.4 Å². The van der Waals surface area contributed by atoms with E-state index in [1.165, 1.54) is 55.3 Å². The highest BCUT2D eigenvalue weighted by Crippen LogP contribution is 2.43. The third-order valence-electron chi connectivity index (χ3n) is 7.80. The lowest BCUT2D eigenvalue weighted by Gasteiger charge is -2.31. The lowest BCUT2D eigenvalue weighted by atomic mass is 10.0. The molecule has 2 aliphatic rings. The Morgan fingerprint density at radius 2 is 1.73 bits per heavy atom. The number of carbonyl (C=O) groups is 3. The normalized spacial score (nSPS) is 17.2. The van der Waals surface area contributed by atoms with Crippen molar-refractivity contribution in [3.05, 3.63) is 82.9 Å². The molecule has 3 aromatic carbocycles. The minimum Gasteiger partial charge on any atom is -0.494 e. The average Bonchev–Trinajstić information content (AvgIpc) is 3.74. The van der Waals surface area contributed by atoms with Crippen LogP contribution in [0.2, 0.25) is 0 Å². The van der Waals surface area contributed by atoms with Crippen LogP contribution >= 0.6 is 0 Å². The molecule has 1 heterocycles. The summed E-state index contributed by atoms with van der Waals surface area (Å²) in [5.41, 5.74) is 6.18. The monoisotopic (exact) mass is 626 g/mol. The van der Waals surface area contributed by atoms with Gasteiger partial charge in [-0.2, -0.15) is 0 Å². The zero-order chi connectivity index (χ0) is 31.8. The molecule has 0 aromatic heterocycles. The molecule has 5 rings (SSSR count). The Morgan fingerprint density at radius 3 is 2.39 bits per heavy atom. The molecule has 1 aliphatic heterocycles. The Morgan fingerprint density at radius 1 is 1.00 bits per heavy atom. The lowest BCUT2D eigenvalue weighted by Crippen LogP contribution is -2.38. The number of nitrogens with zero attached hydrogens (tertiary/aromatic N) is 1. The van der Waals surface area contributed by atoms with Gasteiger partial charge in [-0.15, -0.1) is 0 Å². The third kappa shape index (κ3) is 6.23. The second-order valence-electron chi connectivity index (χ2n) is 10.9. The Bertz CT molecular complexity index is 1740. The first-order chi connectivity index (χ1) is 20.9. The van der Waals surface area contributed by atoms with Crippen LogP contribution in [0.15, 0.2) is 59.5 Å². The highest BCUT2D eigenvalue weighted by Gasteiger charge is 2.42. The number of ether oxygens (including phenoxy) is 1. The summed E-state index contributed by atoms with van der Waals surface area (Å²) in [7, 11) is -2.43. The number of amides is 3. The fraction of sp³-hybridized carbons (Fsp3) is 0.323. The summed E-state index contributed by atoms with van der Waals surface area (Å²) in [5.74, 6) is -3.28. The van der Waals surface area contributed by atoms with E-state index in [4.69, 9.17) is 10.5 Å². The minimum absolute atomic E-state index is 0.000505. The number of halogens is 2. The number of sulfone groups is 1. The van der Waals surface area contributed by atoms with E-state index in [0.29, 0.717) is 36.9 Å². The van der Waals surface area contributed by atoms with Crippen molar-refractivity contribution in [1.29, 1.82) is 0 Å². The number of nitrogens with one attached hydrogen (secondary N) is 2. The van der Waals surface area contributed by atoms with Crippen molar-refractivity contribution in [3.63, 3.8) is 0 Å². The molecule has 10 nitrogen and oxygen atoms in total. The molecule has 0 spiro atoms. The standard InChI is InChI=1S/C31H32F2N4O6S/c1-17(38)35-20-7-12-28(44(41,42)21-8-9-21)22(16-20)26-4-3-13-37(26)31(40)29(18-5-11-24(33)27(15-18)43-2)36-25-14-19(30(34)39)6-10-23(25)32/h5-7,10-12,14-16,21,26,29,36H,3-4,8-9,13H2,1-2H3,(H2,34,39)(H,35,38)/t26-,29-/m1/s1. The number of hydrogen-bond donors (Lipinski definition) is 3. The Kier molecular flexibility index (Phi) is 8.60. The number of methoxy groups -OCH3 is 1. The SMILES string of the molecule is COc1cc([C@@H](Nc2cc(C(N)=O)ccc2F)C(=O)N2CCC[C@@H]2c2cc(NC(C)=O)ccc2S(=O)(=O)C2CC2)ccc1F. The summed E-state index contributed by atoms with van der Waals surface area (Å²) in [6.45, 7) is 1.58. The fourth-order valence-corrected chi connectivity index (χ4v) is 7.41. The van der Waals surface area contributed by atoms with Crippen LogP contribution in [-0.4, -0.2) is 49.9 Å². The van der Waals surface area contributed by atoms with Crippen molar-refractivity contribution in [2.75, 3.05) is 24.3 Å². The second kappa shape index (κ2) is 12.2. The molecule has 1 saturated carbocycles. The van der Waals surface area contributed by atoms with Gasteiger partial charge in [0.15, 0.2) is 21.4 Å². The van der Waals surface area contributed by atoms with Crippen LogP contribution in [0.3, 0.4) is 0 Å². The smallest absolute Gasteiger partial charge is 0.250 e. The maximum absolute atomic E-state index is 15.0. The van der Waals surface area contributed by atoms with E-state index in [-0.39, 0.29) is 39.9 Å². The van der Waals surface area contributed by atoms with Crippen LogP contribution in [0.1, 0.15) is 66.2 Å². The van der Waals surface area contributed by atoms with Gasteiger partial charge in [-0.1, -0.05) is 6.07 Å². The van der Waals surface area contributed by atoms with Gasteiger partial charge in [0.1, 0.15) is 11.9 Å². The first-order valence-corrected chi connectivity index (χ1v) is 15.6. The van der Waals surface area contributed by atoms with Crippen molar-refractivity contribution in [2.24, 2.45) is 5.73 Å². The van der Waals surface area contributed by atoms with E-state index < -0.39 is 50.6 Å². The molecule has 1 aliphatic carbocycles. The molecule has 3 aromatic rings. The molecule has 13 heteroatoms. The van der Waals surface area contributed by atoms with Crippen molar-refractivity contribution in [3.8, 4) is 5.75 Å². The van der Waals surface area contributed by atoms with Gasteiger partial charge in [0.05, 0.1) is 29.0 Å². The maximum atomic E-state index is 15.0. The number of primary amides is 1. The third-order valence-corrected chi connectivity index (χ3v) is 10.1. The number of hydrogen-bond acceptors (Lipinski definition) is 7. The van der Waals surface area contributed by atoms with Crippen LogP contribution in [0.25, 0.3) is 0 Å². The fourth-order valence-electron chi connectivity index (χ4n) is 5.51. The van der Waals surface area contributed by atoms with E-state index >= 15 is 0 Å². The quantitative estimate of drug-likeness (QED) is 0.301. The summed E-state index contributed by atoms with van der Waals surface area (Å²) >= 11 is 0. The lowest BCUT2D eigenvalue weighted by molar-refractivity contribution is -0.133. The maximum Gasteiger partial charge on any atom is 0.250 e. The second-order valence-corrected chi connectivity index (χ2v) is 13.1. The highest BCUT2D eigenvalue weighted by atomic mass is 32.2. The molecule has 2 atom stereocenters. The molecule has 0 bridgehead atoms. The van der Waals surface area contributed by atoms with Crippen molar-refractivity contribution >= 4 is 38.9 Å². The molecular weight excluding hydrogens is 594 g/mol. The van der Waals surface area contributed by atoms with E-state index in [1.807, 2.05) is 0 Å². The molecular formula is C31H32F2N4O6S. The predicted octanol–water partition coefficient (Wildman–Crippen LogP) is 4.48. The molecule has 2 fully saturated rings. The zero-order valence-corrected chi connectivity index (χ0v) is 24.9. The molecule has 232 valence electrons. The summed E-state index contributed by atoms with van der Waals surface area (Å²) in [6.07, 6.45) is 2.04. The van der Waals surface area contributed by atoms with Crippen LogP contribution in [0.4, 0.5) is 20.2 Å². The molecule has 4 N–H and O–H groups in total. The van der Waals surface area contributed by atoms with Gasteiger partial charge in [-0.3, -0.25) is 14.4 Å². The van der Waals surface area contributed by atoms with Crippen LogP contribution in [0, 0.1) is 11.6 Å². The first-order valence-electron chi connectivity index (χ1n) is 14.1. The number of likely N-dealkylation sites (tertiary alicyclic amines) is 1. The summed E-state index contributed by atoms with van der Waals surface area (Å²) in [5, 5.41) is 5.03. The predicted molar refractivity (Wildman–Crippen MR) is 159 cm³/mol. The van der Waals surface area contributed by atoms with Gasteiger partial charge >= 0.3 is 0 Å². The number of benzene rings is 3. The van der Waals surface area contributed by atoms with E-state index in [1.54, 1.807) is 6.07 Å². The van der Waals surface area contributed by atoms with Gasteiger partial charge in [-0.05, 0) is 85.3 Å². The number of anilines is 2. The van der Waals surface area contributed by atoms with Gasteiger partial charge in [0.25, 0.3) is 0 Å². The van der Waals surface area contributed by atoms with E-state index in [0.717, 1.165) is 12.1 Å². The number of nitrogens with two attached hydrogens (primary N) is 1. The van der Waals surface area contributed by atoms with Gasteiger partial charge in [-0.25, -0.2) is 17.2 Å². The first kappa shape index (κ1) is 30.9. The van der Waals surface area contributed by atoms with Crippen molar-refractivity contribution in [1.82, 2.24) is 4.90 Å². The van der Waals surface area contributed by atoms with E-state index in [9.17, 15) is 31.6 Å². The van der Waals surface area contributed by atoms with Gasteiger partial charge in [0.2, 0.25) is 17.7 Å². The summed E-state index contributed by atoms with van der Waals surface area (Å²) in [6, 6.07) is 9.76. The Hall–Kier alpha value is -4.52. The largest absolute Gasteiger partial charge is 0.494 e.